The Morgan fingerprint density at radius 1 is 1.08 bits per heavy atom. The van der Waals surface area contributed by atoms with Crippen molar-refractivity contribution in [2.24, 2.45) is 0 Å². The smallest absolute Gasteiger partial charge is 0.433 e. The van der Waals surface area contributed by atoms with Gasteiger partial charge >= 0.3 is 6.18 Å². The fourth-order valence-electron chi connectivity index (χ4n) is 4.18. The van der Waals surface area contributed by atoms with E-state index in [1.165, 1.54) is 24.4 Å². The van der Waals surface area contributed by atoms with Gasteiger partial charge in [0.25, 0.3) is 11.8 Å². The number of rotatable bonds is 5. The van der Waals surface area contributed by atoms with Gasteiger partial charge in [0.1, 0.15) is 5.69 Å². The molecule has 4 heterocycles. The summed E-state index contributed by atoms with van der Waals surface area (Å²) in [4.78, 5) is 31.3. The van der Waals surface area contributed by atoms with Crippen LogP contribution in [0.1, 0.15) is 38.4 Å². The number of alkyl halides is 3. The second-order valence-corrected chi connectivity index (χ2v) is 8.21. The number of carbonyl (C=O) groups excluding carboxylic acids is 1. The van der Waals surface area contributed by atoms with Crippen LogP contribution in [0.25, 0.3) is 10.9 Å². The maximum Gasteiger partial charge on any atom is 0.433 e. The number of fused-ring (bicyclic) bond motifs is 3. The molecular formula is C25H20F3N5O3. The number of hydrogen-bond donors (Lipinski definition) is 0. The van der Waals surface area contributed by atoms with Crippen LogP contribution in [0.5, 0.6) is 5.88 Å². The highest BCUT2D eigenvalue weighted by molar-refractivity contribution is 6.06. The van der Waals surface area contributed by atoms with E-state index in [9.17, 15) is 18.0 Å². The van der Waals surface area contributed by atoms with Gasteiger partial charge in [-0.05, 0) is 36.2 Å². The number of benzene rings is 1. The zero-order valence-corrected chi connectivity index (χ0v) is 19.3. The number of hydrogen-bond acceptors (Lipinski definition) is 7. The van der Waals surface area contributed by atoms with E-state index >= 15 is 0 Å². The molecule has 5 rings (SSSR count). The van der Waals surface area contributed by atoms with Crippen molar-refractivity contribution in [3.05, 3.63) is 82.6 Å². The van der Waals surface area contributed by atoms with Crippen molar-refractivity contribution in [1.29, 1.82) is 0 Å². The average molecular weight is 495 g/mol. The Morgan fingerprint density at radius 2 is 1.86 bits per heavy atom. The van der Waals surface area contributed by atoms with Gasteiger partial charge in [0.15, 0.2) is 5.82 Å². The number of ether oxygens (including phenoxy) is 2. The molecule has 0 unspecified atom stereocenters. The molecule has 11 heteroatoms. The lowest BCUT2D eigenvalue weighted by Crippen LogP contribution is -2.32. The summed E-state index contributed by atoms with van der Waals surface area (Å²) in [5, 5.41) is 0.971. The Bertz CT molecular complexity index is 1460. The summed E-state index contributed by atoms with van der Waals surface area (Å²) in [5.74, 6) is -0.395. The standard InChI is InChI=1S/C25H20F3N5O3/c1-14-18-12-36-13-19(18)17-5-3-15(9-20(17)32-14)11-33(22-23(35-2)30-8-7-29-22)24(34)16-4-6-21(31-10-16)25(26,27)28/h3-10H,11-13H2,1-2H3. The number of aryl methyl sites for hydroxylation is 1. The van der Waals surface area contributed by atoms with Crippen LogP contribution < -0.4 is 9.64 Å². The highest BCUT2D eigenvalue weighted by Crippen LogP contribution is 2.32. The van der Waals surface area contributed by atoms with Crippen LogP contribution in [0.2, 0.25) is 0 Å². The van der Waals surface area contributed by atoms with Gasteiger partial charge in [0, 0.05) is 35.2 Å². The maximum atomic E-state index is 13.5. The normalized spacial score (nSPS) is 13.0. The lowest BCUT2D eigenvalue weighted by atomic mass is 10.0. The van der Waals surface area contributed by atoms with E-state index in [1.807, 2.05) is 25.1 Å². The molecule has 36 heavy (non-hydrogen) atoms. The van der Waals surface area contributed by atoms with E-state index in [1.54, 1.807) is 0 Å². The Labute approximate surface area is 203 Å². The molecule has 0 bridgehead atoms. The van der Waals surface area contributed by atoms with Gasteiger partial charge in [0.05, 0.1) is 37.9 Å². The van der Waals surface area contributed by atoms with Crippen LogP contribution in [-0.4, -0.2) is 33.0 Å². The zero-order chi connectivity index (χ0) is 25.4. The number of methoxy groups -OCH3 is 1. The fraction of sp³-hybridized carbons (Fsp3) is 0.240. The first kappa shape index (κ1) is 23.6. The average Bonchev–Trinajstić information content (AvgIpc) is 3.37. The molecule has 1 aromatic carbocycles. The van der Waals surface area contributed by atoms with E-state index in [4.69, 9.17) is 14.5 Å². The largest absolute Gasteiger partial charge is 0.478 e. The second kappa shape index (κ2) is 9.15. The van der Waals surface area contributed by atoms with Crippen molar-refractivity contribution in [3.63, 3.8) is 0 Å². The third-order valence-electron chi connectivity index (χ3n) is 5.95. The van der Waals surface area contributed by atoms with E-state index in [2.05, 4.69) is 15.0 Å². The van der Waals surface area contributed by atoms with Gasteiger partial charge < -0.3 is 9.47 Å². The quantitative estimate of drug-likeness (QED) is 0.399. The van der Waals surface area contributed by atoms with E-state index in [0.29, 0.717) is 13.2 Å². The first-order valence-electron chi connectivity index (χ1n) is 10.9. The Hall–Kier alpha value is -4.12. The van der Waals surface area contributed by atoms with Crippen molar-refractivity contribution in [1.82, 2.24) is 19.9 Å². The Morgan fingerprint density at radius 3 is 2.58 bits per heavy atom. The summed E-state index contributed by atoms with van der Waals surface area (Å²) in [6, 6.07) is 7.52. The van der Waals surface area contributed by atoms with Crippen LogP contribution >= 0.6 is 0 Å². The summed E-state index contributed by atoms with van der Waals surface area (Å²) in [6.07, 6.45) is -0.903. The van der Waals surface area contributed by atoms with Crippen molar-refractivity contribution < 1.29 is 27.4 Å². The first-order valence-corrected chi connectivity index (χ1v) is 10.9. The number of carbonyl (C=O) groups is 1. The molecule has 1 aliphatic heterocycles. The molecule has 1 aliphatic rings. The minimum atomic E-state index is -4.61. The monoisotopic (exact) mass is 495 g/mol. The number of halogens is 3. The number of pyridine rings is 2. The SMILES string of the molecule is COc1nccnc1N(Cc1ccc2c3c(c(C)nc2c1)COC3)C(=O)c1ccc(C(F)(F)F)nc1. The van der Waals surface area contributed by atoms with Crippen molar-refractivity contribution in [2.45, 2.75) is 32.9 Å². The molecule has 0 saturated carbocycles. The predicted octanol–water partition coefficient (Wildman–Crippen LogP) is 4.63. The molecule has 8 nitrogen and oxygen atoms in total. The van der Waals surface area contributed by atoms with Gasteiger partial charge in [-0.15, -0.1) is 0 Å². The highest BCUT2D eigenvalue weighted by Gasteiger charge is 2.33. The van der Waals surface area contributed by atoms with Crippen LogP contribution in [0, 0.1) is 6.92 Å². The maximum absolute atomic E-state index is 13.5. The highest BCUT2D eigenvalue weighted by atomic mass is 19.4. The van der Waals surface area contributed by atoms with Crippen LogP contribution in [0.4, 0.5) is 19.0 Å². The molecular weight excluding hydrogens is 475 g/mol. The van der Waals surface area contributed by atoms with Crippen molar-refractivity contribution in [3.8, 4) is 5.88 Å². The second-order valence-electron chi connectivity index (χ2n) is 8.21. The zero-order valence-electron chi connectivity index (χ0n) is 19.3. The van der Waals surface area contributed by atoms with Gasteiger partial charge in [-0.25, -0.2) is 9.97 Å². The minimum Gasteiger partial charge on any atom is -0.478 e. The van der Waals surface area contributed by atoms with E-state index in [-0.39, 0.29) is 23.8 Å². The fourth-order valence-corrected chi connectivity index (χ4v) is 4.18. The molecule has 0 fully saturated rings. The van der Waals surface area contributed by atoms with Crippen LogP contribution in [-0.2, 0) is 30.7 Å². The van der Waals surface area contributed by atoms with Crippen molar-refractivity contribution >= 4 is 22.6 Å². The van der Waals surface area contributed by atoms with Crippen molar-refractivity contribution in [2.75, 3.05) is 12.0 Å². The molecule has 0 saturated heterocycles. The summed E-state index contributed by atoms with van der Waals surface area (Å²) in [5.41, 5.74) is 3.43. The summed E-state index contributed by atoms with van der Waals surface area (Å²) in [6.45, 7) is 3.01. The summed E-state index contributed by atoms with van der Waals surface area (Å²) >= 11 is 0. The van der Waals surface area contributed by atoms with Gasteiger partial charge in [-0.2, -0.15) is 13.2 Å². The molecule has 0 spiro atoms. The molecule has 0 N–H and O–H groups in total. The number of amides is 1. The molecule has 0 radical (unpaired) electrons. The number of nitrogens with zero attached hydrogens (tertiary/aromatic N) is 5. The van der Waals surface area contributed by atoms with Gasteiger partial charge in [0.2, 0.25) is 0 Å². The lowest BCUT2D eigenvalue weighted by Gasteiger charge is -2.23. The number of aromatic nitrogens is 4. The molecule has 3 aromatic heterocycles. The predicted molar refractivity (Wildman–Crippen MR) is 123 cm³/mol. The van der Waals surface area contributed by atoms with E-state index in [0.717, 1.165) is 51.6 Å². The Balaban J connectivity index is 1.55. The summed E-state index contributed by atoms with van der Waals surface area (Å²) in [7, 11) is 1.39. The number of anilines is 1. The van der Waals surface area contributed by atoms with E-state index < -0.39 is 17.8 Å². The molecule has 4 aromatic rings. The summed E-state index contributed by atoms with van der Waals surface area (Å²) < 4.78 is 49.8. The lowest BCUT2D eigenvalue weighted by molar-refractivity contribution is -0.141. The third kappa shape index (κ3) is 4.33. The van der Waals surface area contributed by atoms with Gasteiger partial charge in [-0.3, -0.25) is 19.7 Å². The molecule has 184 valence electrons. The van der Waals surface area contributed by atoms with Gasteiger partial charge in [-0.1, -0.05) is 12.1 Å². The molecule has 0 aliphatic carbocycles. The third-order valence-corrected chi connectivity index (χ3v) is 5.95. The topological polar surface area (TPSA) is 90.3 Å². The molecule has 1 amide bonds. The van der Waals surface area contributed by atoms with Crippen LogP contribution in [0.15, 0.2) is 48.9 Å². The van der Waals surface area contributed by atoms with Crippen LogP contribution in [0.3, 0.4) is 0 Å². The molecule has 0 atom stereocenters. The minimum absolute atomic E-state index is 0.0408. The Kier molecular flexibility index (Phi) is 6.00. The first-order chi connectivity index (χ1) is 17.3.